The molecule has 0 saturated heterocycles. The molecule has 0 aliphatic rings. The van der Waals surface area contributed by atoms with E-state index in [-0.39, 0.29) is 0 Å². The zero-order valence-electron chi connectivity index (χ0n) is 9.35. The number of rotatable bonds is 8. The zero-order valence-corrected chi connectivity index (χ0v) is 10.2. The first-order chi connectivity index (χ1) is 7.68. The topological polar surface area (TPSA) is 88.4 Å². The van der Waals surface area contributed by atoms with Gasteiger partial charge in [0.05, 0.1) is 25.3 Å². The molecule has 0 rings (SSSR count). The van der Waals surface area contributed by atoms with Crippen LogP contribution in [-0.4, -0.2) is 18.5 Å². The molecule has 86 valence electrons. The standard InChI is InChI=1S/C11H16N3OP/c12-6-1-3-9-16(15,11-5-8-14)10-4-2-7-13/h1-5,9-11H2. The minimum atomic E-state index is -2.32. The first kappa shape index (κ1) is 14.7. The van der Waals surface area contributed by atoms with Gasteiger partial charge in [-0.25, -0.2) is 0 Å². The number of hydrogen-bond acceptors (Lipinski definition) is 4. The highest BCUT2D eigenvalue weighted by molar-refractivity contribution is 7.63. The molecule has 0 N–H and O–H groups in total. The maximum absolute atomic E-state index is 12.4. The van der Waals surface area contributed by atoms with Crippen molar-refractivity contribution in [3.63, 3.8) is 0 Å². The third-order valence-corrected chi connectivity index (χ3v) is 5.64. The second-order valence-electron chi connectivity index (χ2n) is 3.66. The fourth-order valence-electron chi connectivity index (χ4n) is 1.48. The van der Waals surface area contributed by atoms with Gasteiger partial charge in [-0.15, -0.1) is 0 Å². The highest BCUT2D eigenvalue weighted by Gasteiger charge is 2.20. The molecule has 0 aliphatic heterocycles. The summed E-state index contributed by atoms with van der Waals surface area (Å²) >= 11 is 0. The normalized spacial score (nSPS) is 10.1. The van der Waals surface area contributed by atoms with E-state index in [4.69, 9.17) is 15.8 Å². The third-order valence-electron chi connectivity index (χ3n) is 2.34. The highest BCUT2D eigenvalue weighted by atomic mass is 31.2. The maximum atomic E-state index is 12.4. The zero-order chi connectivity index (χ0) is 12.3. The molecule has 0 aromatic carbocycles. The molecular weight excluding hydrogens is 221 g/mol. The first-order valence-corrected chi connectivity index (χ1v) is 7.63. The Kier molecular flexibility index (Phi) is 8.24. The molecular formula is C11H16N3OP. The molecule has 0 fully saturated rings. The molecule has 0 aromatic rings. The highest BCUT2D eigenvalue weighted by Crippen LogP contribution is 2.47. The van der Waals surface area contributed by atoms with Crippen LogP contribution in [-0.2, 0) is 4.57 Å². The molecule has 0 saturated carbocycles. The lowest BCUT2D eigenvalue weighted by Gasteiger charge is -2.15. The van der Waals surface area contributed by atoms with E-state index < -0.39 is 7.14 Å². The van der Waals surface area contributed by atoms with Gasteiger partial charge in [-0.1, -0.05) is 0 Å². The van der Waals surface area contributed by atoms with Crippen LogP contribution in [0.25, 0.3) is 0 Å². The van der Waals surface area contributed by atoms with Gasteiger partial charge < -0.3 is 4.57 Å². The van der Waals surface area contributed by atoms with Crippen molar-refractivity contribution in [3.8, 4) is 18.2 Å². The summed E-state index contributed by atoms with van der Waals surface area (Å²) in [5.41, 5.74) is 0. The lowest BCUT2D eigenvalue weighted by atomic mass is 10.4. The molecule has 0 unspecified atom stereocenters. The average Bonchev–Trinajstić information content (AvgIpc) is 2.27. The number of nitriles is 3. The Hall–Kier alpha value is -1.30. The molecule has 0 heterocycles. The molecule has 4 nitrogen and oxygen atoms in total. The van der Waals surface area contributed by atoms with Crippen LogP contribution < -0.4 is 0 Å². The number of hydrogen-bond donors (Lipinski definition) is 0. The van der Waals surface area contributed by atoms with Crippen molar-refractivity contribution in [2.24, 2.45) is 0 Å². The summed E-state index contributed by atoms with van der Waals surface area (Å²) in [6, 6.07) is 6.05. The Labute approximate surface area is 96.9 Å². The smallest absolute Gasteiger partial charge is 0.0888 e. The van der Waals surface area contributed by atoms with Gasteiger partial charge in [0.1, 0.15) is 0 Å². The SMILES string of the molecule is N#CCCCP(=O)(CCC#N)CCCC#N. The van der Waals surface area contributed by atoms with Crippen LogP contribution in [0, 0.1) is 34.0 Å². The predicted octanol–water partition coefficient (Wildman–Crippen LogP) is 2.87. The van der Waals surface area contributed by atoms with Crippen LogP contribution in [0.5, 0.6) is 0 Å². The Bertz CT molecular complexity index is 335. The largest absolute Gasteiger partial charge is 0.324 e. The molecule has 0 aromatic heterocycles. The van der Waals surface area contributed by atoms with E-state index in [9.17, 15) is 4.57 Å². The average molecular weight is 237 g/mol. The van der Waals surface area contributed by atoms with Crippen LogP contribution in [0.4, 0.5) is 0 Å². The molecule has 0 atom stereocenters. The quantitative estimate of drug-likeness (QED) is 0.479. The van der Waals surface area contributed by atoms with Crippen LogP contribution in [0.1, 0.15) is 32.1 Å². The van der Waals surface area contributed by atoms with E-state index in [1.165, 1.54) is 0 Å². The van der Waals surface area contributed by atoms with E-state index in [0.29, 0.717) is 50.6 Å². The summed E-state index contributed by atoms with van der Waals surface area (Å²) in [6.45, 7) is 0. The van der Waals surface area contributed by atoms with Gasteiger partial charge in [-0.2, -0.15) is 15.8 Å². The van der Waals surface area contributed by atoms with Crippen LogP contribution in [0.3, 0.4) is 0 Å². The minimum absolute atomic E-state index is 0.302. The van der Waals surface area contributed by atoms with Crippen molar-refractivity contribution in [1.82, 2.24) is 0 Å². The molecule has 0 radical (unpaired) electrons. The Morgan fingerprint density at radius 2 is 1.19 bits per heavy atom. The van der Waals surface area contributed by atoms with Crippen LogP contribution >= 0.6 is 7.14 Å². The van der Waals surface area contributed by atoms with Gasteiger partial charge in [0.15, 0.2) is 0 Å². The molecule has 0 amide bonds. The summed E-state index contributed by atoms with van der Waals surface area (Å²) in [4.78, 5) is 0. The summed E-state index contributed by atoms with van der Waals surface area (Å²) in [7, 11) is -2.32. The van der Waals surface area contributed by atoms with E-state index >= 15 is 0 Å². The fourth-order valence-corrected chi connectivity index (χ4v) is 4.13. The predicted molar refractivity (Wildman–Crippen MR) is 62.1 cm³/mol. The summed E-state index contributed by atoms with van der Waals surface area (Å²) in [5.74, 6) is 0. The Morgan fingerprint density at radius 1 is 0.750 bits per heavy atom. The summed E-state index contributed by atoms with van der Waals surface area (Å²) in [6.07, 6.45) is 3.89. The van der Waals surface area contributed by atoms with E-state index in [2.05, 4.69) is 0 Å². The fraction of sp³-hybridized carbons (Fsp3) is 0.727. The van der Waals surface area contributed by atoms with E-state index in [0.717, 1.165) is 0 Å². The summed E-state index contributed by atoms with van der Waals surface area (Å²) < 4.78 is 12.4. The minimum Gasteiger partial charge on any atom is -0.324 e. The molecule has 16 heavy (non-hydrogen) atoms. The maximum Gasteiger partial charge on any atom is 0.0888 e. The lowest BCUT2D eigenvalue weighted by Crippen LogP contribution is -2.00. The Balaban J connectivity index is 4.16. The van der Waals surface area contributed by atoms with Crippen LogP contribution in [0.15, 0.2) is 0 Å². The van der Waals surface area contributed by atoms with Crippen molar-refractivity contribution in [2.45, 2.75) is 32.1 Å². The Morgan fingerprint density at radius 3 is 1.56 bits per heavy atom. The van der Waals surface area contributed by atoms with Gasteiger partial charge >= 0.3 is 0 Å². The first-order valence-electron chi connectivity index (χ1n) is 5.36. The number of nitrogens with zero attached hydrogens (tertiary/aromatic N) is 3. The molecule has 0 aliphatic carbocycles. The van der Waals surface area contributed by atoms with Gasteiger partial charge in [-0.05, 0) is 12.8 Å². The van der Waals surface area contributed by atoms with Gasteiger partial charge in [0.25, 0.3) is 0 Å². The van der Waals surface area contributed by atoms with E-state index in [1.54, 1.807) is 0 Å². The second-order valence-corrected chi connectivity index (χ2v) is 7.12. The van der Waals surface area contributed by atoms with E-state index in [1.807, 2.05) is 18.2 Å². The number of unbranched alkanes of at least 4 members (excludes halogenated alkanes) is 2. The molecule has 0 spiro atoms. The molecule has 0 bridgehead atoms. The monoisotopic (exact) mass is 237 g/mol. The lowest BCUT2D eigenvalue weighted by molar-refractivity contribution is 0.571. The summed E-state index contributed by atoms with van der Waals surface area (Å²) in [5, 5.41) is 25.3. The van der Waals surface area contributed by atoms with Crippen LogP contribution in [0.2, 0.25) is 0 Å². The van der Waals surface area contributed by atoms with Crippen molar-refractivity contribution >= 4 is 7.14 Å². The van der Waals surface area contributed by atoms with Gasteiger partial charge in [0, 0.05) is 37.7 Å². The second kappa shape index (κ2) is 8.96. The van der Waals surface area contributed by atoms with Crippen molar-refractivity contribution < 1.29 is 4.57 Å². The van der Waals surface area contributed by atoms with Crippen molar-refractivity contribution in [3.05, 3.63) is 0 Å². The van der Waals surface area contributed by atoms with Gasteiger partial charge in [-0.3, -0.25) is 0 Å². The van der Waals surface area contributed by atoms with Crippen molar-refractivity contribution in [2.75, 3.05) is 18.5 Å². The molecule has 5 heteroatoms. The van der Waals surface area contributed by atoms with Crippen molar-refractivity contribution in [1.29, 1.82) is 15.8 Å². The third kappa shape index (κ3) is 7.05. The van der Waals surface area contributed by atoms with Gasteiger partial charge in [0.2, 0.25) is 0 Å².